The topological polar surface area (TPSA) is 97.3 Å². The molecule has 1 amide bonds. The van der Waals surface area contributed by atoms with Crippen molar-refractivity contribution in [2.75, 3.05) is 40.5 Å². The van der Waals surface area contributed by atoms with Gasteiger partial charge in [-0.3, -0.25) is 14.5 Å². The van der Waals surface area contributed by atoms with Crippen LogP contribution < -0.4 is 20.3 Å². The molecule has 0 radical (unpaired) electrons. The number of nitrogens with zero attached hydrogens (tertiary/aromatic N) is 2. The van der Waals surface area contributed by atoms with E-state index in [1.54, 1.807) is 14.2 Å². The number of aromatic nitrogens is 2. The molecule has 41 heavy (non-hydrogen) atoms. The highest BCUT2D eigenvalue weighted by Crippen LogP contribution is 2.35. The van der Waals surface area contributed by atoms with E-state index in [1.165, 1.54) is 0 Å². The fraction of sp³-hybridized carbons (Fsp3) is 0.375. The molecule has 4 heterocycles. The number of pyridine rings is 2. The van der Waals surface area contributed by atoms with E-state index < -0.39 is 0 Å². The number of aryl methyl sites for hydroxylation is 2. The van der Waals surface area contributed by atoms with Crippen LogP contribution in [0.2, 0.25) is 0 Å². The van der Waals surface area contributed by atoms with E-state index in [1.807, 2.05) is 51.1 Å². The smallest absolute Gasteiger partial charge is 0.253 e. The summed E-state index contributed by atoms with van der Waals surface area (Å²) in [5.74, 6) is 1.19. The molecule has 1 saturated heterocycles. The molecular formula is C32H38N4O5. The fourth-order valence-corrected chi connectivity index (χ4v) is 5.76. The number of carbonyl (C=O) groups excluding carboxylic acids is 1. The first kappa shape index (κ1) is 28.4. The third kappa shape index (κ3) is 5.73. The number of fused-ring (bicyclic) bond motifs is 1. The minimum atomic E-state index is -0.217. The Morgan fingerprint density at radius 2 is 1.68 bits per heavy atom. The highest BCUT2D eigenvalue weighted by molar-refractivity contribution is 5.97. The summed E-state index contributed by atoms with van der Waals surface area (Å²) in [6.07, 6.45) is 2.11. The number of aromatic amines is 1. The summed E-state index contributed by atoms with van der Waals surface area (Å²) in [5, 5.41) is 3.00. The van der Waals surface area contributed by atoms with Gasteiger partial charge in [0.15, 0.2) is 0 Å². The average molecular weight is 559 g/mol. The summed E-state index contributed by atoms with van der Waals surface area (Å²) in [4.78, 5) is 31.4. The lowest BCUT2D eigenvalue weighted by molar-refractivity contribution is 0.0187. The highest BCUT2D eigenvalue weighted by atomic mass is 16.5. The van der Waals surface area contributed by atoms with Crippen molar-refractivity contribution in [3.05, 3.63) is 86.6 Å². The van der Waals surface area contributed by atoms with Crippen molar-refractivity contribution in [2.24, 2.45) is 0 Å². The fourth-order valence-electron chi connectivity index (χ4n) is 5.76. The molecule has 9 heteroatoms. The quantitative estimate of drug-likeness (QED) is 0.329. The van der Waals surface area contributed by atoms with Gasteiger partial charge in [-0.1, -0.05) is 0 Å². The van der Waals surface area contributed by atoms with E-state index in [4.69, 9.17) is 14.2 Å². The van der Waals surface area contributed by atoms with Crippen LogP contribution in [-0.2, 0) is 11.3 Å². The zero-order valence-corrected chi connectivity index (χ0v) is 24.6. The number of ether oxygens (including phenoxy) is 3. The van der Waals surface area contributed by atoms with Crippen molar-refractivity contribution < 1.29 is 19.0 Å². The second-order valence-corrected chi connectivity index (χ2v) is 10.6. The lowest BCUT2D eigenvalue weighted by atomic mass is 10.0. The van der Waals surface area contributed by atoms with Gasteiger partial charge in [-0.25, -0.2) is 0 Å². The molecule has 0 aliphatic carbocycles. The Morgan fingerprint density at radius 3 is 2.32 bits per heavy atom. The monoisotopic (exact) mass is 558 g/mol. The third-order valence-electron chi connectivity index (χ3n) is 8.03. The van der Waals surface area contributed by atoms with Gasteiger partial charge in [0, 0.05) is 71.5 Å². The molecule has 0 spiro atoms. The molecule has 9 nitrogen and oxygen atoms in total. The van der Waals surface area contributed by atoms with Gasteiger partial charge in [0.25, 0.3) is 11.5 Å². The Labute approximate surface area is 240 Å². The summed E-state index contributed by atoms with van der Waals surface area (Å²) in [6.45, 7) is 11.0. The van der Waals surface area contributed by atoms with Crippen LogP contribution in [0.4, 0.5) is 0 Å². The highest BCUT2D eigenvalue weighted by Gasteiger charge is 2.26. The van der Waals surface area contributed by atoms with Crippen LogP contribution in [0.25, 0.3) is 16.6 Å². The molecule has 1 atom stereocenters. The molecule has 0 bridgehead atoms. The Balaban J connectivity index is 1.59. The van der Waals surface area contributed by atoms with Crippen molar-refractivity contribution in [3.63, 3.8) is 0 Å². The standard InChI is InChI=1S/C32H38N4O5/c1-19-11-20(2)34-32(38)29(19)17-33-31(37)28-15-25-12-24(23-13-26(39-5)16-27(14-23)40-6)18-36(25)30(21(28)3)22(4)35-7-9-41-10-8-35/h11-16,18,22H,7-10,17H2,1-6H3,(H,33,37)(H,34,38). The Kier molecular flexibility index (Phi) is 8.19. The van der Waals surface area contributed by atoms with E-state index in [2.05, 4.69) is 38.8 Å². The number of amides is 1. The third-order valence-corrected chi connectivity index (χ3v) is 8.03. The normalized spacial score (nSPS) is 14.7. The first-order valence-corrected chi connectivity index (χ1v) is 13.9. The van der Waals surface area contributed by atoms with Gasteiger partial charge in [-0.15, -0.1) is 0 Å². The molecule has 0 saturated carbocycles. The molecule has 4 aromatic rings. The van der Waals surface area contributed by atoms with Gasteiger partial charge >= 0.3 is 0 Å². The molecule has 1 aliphatic rings. The maximum atomic E-state index is 13.7. The van der Waals surface area contributed by atoms with Crippen LogP contribution in [0.15, 0.2) is 47.4 Å². The first-order chi connectivity index (χ1) is 19.7. The average Bonchev–Trinajstić information content (AvgIpc) is 3.39. The SMILES string of the molecule is COc1cc(OC)cc(-c2cc3cc(C(=O)NCc4c(C)cc(C)[nH]c4=O)c(C)c(C(C)N4CCOCC4)n3c2)c1. The zero-order chi connectivity index (χ0) is 29.3. The van der Waals surface area contributed by atoms with Gasteiger partial charge in [-0.2, -0.15) is 0 Å². The van der Waals surface area contributed by atoms with E-state index in [9.17, 15) is 9.59 Å². The van der Waals surface area contributed by atoms with E-state index >= 15 is 0 Å². The van der Waals surface area contributed by atoms with Crippen LogP contribution in [0.3, 0.4) is 0 Å². The van der Waals surface area contributed by atoms with E-state index in [-0.39, 0.29) is 24.1 Å². The molecule has 216 valence electrons. The molecule has 1 unspecified atom stereocenters. The van der Waals surface area contributed by atoms with Crippen molar-refractivity contribution >= 4 is 11.4 Å². The van der Waals surface area contributed by atoms with Crippen LogP contribution in [-0.4, -0.2) is 60.7 Å². The van der Waals surface area contributed by atoms with Crippen LogP contribution in [0.1, 0.15) is 51.4 Å². The first-order valence-electron chi connectivity index (χ1n) is 13.9. The number of rotatable bonds is 8. The number of morpholine rings is 1. The number of nitrogens with one attached hydrogen (secondary N) is 2. The maximum absolute atomic E-state index is 13.7. The summed E-state index contributed by atoms with van der Waals surface area (Å²) in [5.41, 5.74) is 7.38. The number of carbonyl (C=O) groups is 1. The molecule has 1 aliphatic heterocycles. The summed E-state index contributed by atoms with van der Waals surface area (Å²) in [6, 6.07) is 11.8. The van der Waals surface area contributed by atoms with Gasteiger partial charge in [0.1, 0.15) is 11.5 Å². The maximum Gasteiger partial charge on any atom is 0.253 e. The molecular weight excluding hydrogens is 520 g/mol. The van der Waals surface area contributed by atoms with Crippen molar-refractivity contribution in [1.29, 1.82) is 0 Å². The van der Waals surface area contributed by atoms with Crippen LogP contribution in [0, 0.1) is 20.8 Å². The number of benzene rings is 1. The Bertz CT molecular complexity index is 1630. The Hall–Kier alpha value is -4.08. The molecule has 2 N–H and O–H groups in total. The number of hydrogen-bond donors (Lipinski definition) is 2. The summed E-state index contributed by atoms with van der Waals surface area (Å²) in [7, 11) is 3.27. The minimum absolute atomic E-state index is 0.0384. The molecule has 1 aromatic carbocycles. The van der Waals surface area contributed by atoms with Crippen molar-refractivity contribution in [3.8, 4) is 22.6 Å². The molecule has 3 aromatic heterocycles. The number of methoxy groups -OCH3 is 2. The van der Waals surface area contributed by atoms with Crippen molar-refractivity contribution in [1.82, 2.24) is 19.6 Å². The second-order valence-electron chi connectivity index (χ2n) is 10.6. The van der Waals surface area contributed by atoms with Gasteiger partial charge in [-0.05, 0) is 74.7 Å². The lowest BCUT2D eigenvalue weighted by Gasteiger charge is -2.34. The van der Waals surface area contributed by atoms with Crippen LogP contribution in [0.5, 0.6) is 11.5 Å². The Morgan fingerprint density at radius 1 is 1.00 bits per heavy atom. The predicted molar refractivity (Wildman–Crippen MR) is 159 cm³/mol. The van der Waals surface area contributed by atoms with Gasteiger partial charge in [0.2, 0.25) is 0 Å². The molecule has 5 rings (SSSR count). The number of H-pyrrole nitrogens is 1. The molecule has 1 fully saturated rings. The van der Waals surface area contributed by atoms with Gasteiger partial charge < -0.3 is 28.9 Å². The largest absolute Gasteiger partial charge is 0.497 e. The summed E-state index contributed by atoms with van der Waals surface area (Å²) < 4.78 is 18.8. The van der Waals surface area contributed by atoms with E-state index in [0.29, 0.717) is 35.8 Å². The number of hydrogen-bond acceptors (Lipinski definition) is 6. The summed E-state index contributed by atoms with van der Waals surface area (Å²) >= 11 is 0. The zero-order valence-electron chi connectivity index (χ0n) is 24.6. The lowest BCUT2D eigenvalue weighted by Crippen LogP contribution is -2.39. The second kappa shape index (κ2) is 11.8. The minimum Gasteiger partial charge on any atom is -0.497 e. The predicted octanol–water partition coefficient (Wildman–Crippen LogP) is 4.56. The van der Waals surface area contributed by atoms with Crippen LogP contribution >= 0.6 is 0 Å². The van der Waals surface area contributed by atoms with Crippen molar-refractivity contribution in [2.45, 2.75) is 40.3 Å². The van der Waals surface area contributed by atoms with Gasteiger partial charge in [0.05, 0.1) is 27.4 Å². The van der Waals surface area contributed by atoms with E-state index in [0.717, 1.165) is 52.2 Å².